The number of carbonyl (C=O) groups is 2. The quantitative estimate of drug-likeness (QED) is 0.854. The van der Waals surface area contributed by atoms with Gasteiger partial charge in [-0.3, -0.25) is 9.59 Å². The van der Waals surface area contributed by atoms with Crippen LogP contribution in [-0.4, -0.2) is 60.1 Å². The lowest BCUT2D eigenvalue weighted by molar-refractivity contribution is -0.145. The Bertz CT molecular complexity index is 510. The summed E-state index contributed by atoms with van der Waals surface area (Å²) in [6.45, 7) is 5.01. The molecule has 1 fully saturated rings. The molecule has 0 unspecified atom stereocenters. The van der Waals surface area contributed by atoms with Gasteiger partial charge in [0, 0.05) is 13.1 Å². The van der Waals surface area contributed by atoms with E-state index in [1.165, 1.54) is 6.26 Å². The lowest BCUT2D eigenvalue weighted by Crippen LogP contribution is -2.55. The molecule has 1 N–H and O–H groups in total. The molecule has 2 amide bonds. The van der Waals surface area contributed by atoms with E-state index < -0.39 is 6.04 Å². The summed E-state index contributed by atoms with van der Waals surface area (Å²) in [5.41, 5.74) is 0. The first-order valence-electron chi connectivity index (χ1n) is 7.78. The van der Waals surface area contributed by atoms with Gasteiger partial charge in [-0.25, -0.2) is 0 Å². The second-order valence-electron chi connectivity index (χ2n) is 5.79. The van der Waals surface area contributed by atoms with Gasteiger partial charge in [0.05, 0.1) is 18.5 Å². The van der Waals surface area contributed by atoms with Crippen molar-refractivity contribution >= 4 is 23.6 Å². The van der Waals surface area contributed by atoms with E-state index in [4.69, 9.17) is 9.15 Å². The maximum atomic E-state index is 12.8. The second kappa shape index (κ2) is 8.40. The van der Waals surface area contributed by atoms with Crippen LogP contribution in [0.15, 0.2) is 22.8 Å². The predicted molar refractivity (Wildman–Crippen MR) is 89.6 cm³/mol. The van der Waals surface area contributed by atoms with Gasteiger partial charge in [0.25, 0.3) is 5.91 Å². The third-order valence-corrected chi connectivity index (χ3v) is 4.33. The molecular formula is C16H24N2O4S. The van der Waals surface area contributed by atoms with E-state index in [1.807, 2.05) is 20.1 Å². The van der Waals surface area contributed by atoms with Crippen LogP contribution in [0.3, 0.4) is 0 Å². The molecule has 1 aromatic rings. The lowest BCUT2D eigenvalue weighted by Gasteiger charge is -2.37. The molecule has 1 saturated heterocycles. The predicted octanol–water partition coefficient (Wildman–Crippen LogP) is 1.77. The van der Waals surface area contributed by atoms with Crippen LogP contribution < -0.4 is 5.32 Å². The topological polar surface area (TPSA) is 71.8 Å². The number of furan rings is 1. The SMILES string of the molecule is CSCC[C@H](NC(=O)c1ccco1)C(=O)N1C[C@@H](C)O[C@@H](C)C1. The molecule has 0 radical (unpaired) electrons. The maximum absolute atomic E-state index is 12.8. The minimum Gasteiger partial charge on any atom is -0.459 e. The van der Waals surface area contributed by atoms with E-state index in [1.54, 1.807) is 28.8 Å². The van der Waals surface area contributed by atoms with Crippen molar-refractivity contribution in [3.8, 4) is 0 Å². The minimum atomic E-state index is -0.544. The highest BCUT2D eigenvalue weighted by Crippen LogP contribution is 2.14. The smallest absolute Gasteiger partial charge is 0.287 e. The Morgan fingerprint density at radius 2 is 2.09 bits per heavy atom. The molecule has 0 spiro atoms. The zero-order valence-corrected chi connectivity index (χ0v) is 14.6. The van der Waals surface area contributed by atoms with Crippen LogP contribution in [0.25, 0.3) is 0 Å². The fraction of sp³-hybridized carbons (Fsp3) is 0.625. The van der Waals surface area contributed by atoms with E-state index in [0.29, 0.717) is 19.5 Å². The van der Waals surface area contributed by atoms with Gasteiger partial charge in [-0.1, -0.05) is 0 Å². The van der Waals surface area contributed by atoms with Gasteiger partial charge in [-0.15, -0.1) is 0 Å². The van der Waals surface area contributed by atoms with Crippen molar-refractivity contribution in [1.82, 2.24) is 10.2 Å². The van der Waals surface area contributed by atoms with Crippen LogP contribution in [0.2, 0.25) is 0 Å². The molecule has 3 atom stereocenters. The Morgan fingerprint density at radius 1 is 1.39 bits per heavy atom. The molecule has 0 bridgehead atoms. The molecule has 1 aromatic heterocycles. The van der Waals surface area contributed by atoms with Gasteiger partial charge in [0.2, 0.25) is 5.91 Å². The third kappa shape index (κ3) is 5.00. The summed E-state index contributed by atoms with van der Waals surface area (Å²) >= 11 is 1.65. The Hall–Kier alpha value is -1.47. The van der Waals surface area contributed by atoms with Gasteiger partial charge in [-0.2, -0.15) is 11.8 Å². The van der Waals surface area contributed by atoms with Gasteiger partial charge in [0.15, 0.2) is 5.76 Å². The minimum absolute atomic E-state index is 0.00433. The van der Waals surface area contributed by atoms with E-state index in [9.17, 15) is 9.59 Å². The molecule has 128 valence electrons. The van der Waals surface area contributed by atoms with Crippen LogP contribution in [-0.2, 0) is 9.53 Å². The van der Waals surface area contributed by atoms with Crippen LogP contribution >= 0.6 is 11.8 Å². The third-order valence-electron chi connectivity index (χ3n) is 3.69. The number of thioether (sulfide) groups is 1. The standard InChI is InChI=1S/C16H24N2O4S/c1-11-9-18(10-12(2)22-11)16(20)13(6-8-23-3)17-15(19)14-5-4-7-21-14/h4-5,7,11-13H,6,8-10H2,1-3H3,(H,17,19)/t11-,12+,13-/m0/s1. The number of hydrogen-bond donors (Lipinski definition) is 1. The molecule has 0 aromatic carbocycles. The first-order chi connectivity index (χ1) is 11.0. The van der Waals surface area contributed by atoms with Crippen LogP contribution in [0, 0.1) is 0 Å². The number of amides is 2. The van der Waals surface area contributed by atoms with Crippen molar-refractivity contribution < 1.29 is 18.7 Å². The molecule has 0 saturated carbocycles. The van der Waals surface area contributed by atoms with Crippen molar-refractivity contribution in [2.75, 3.05) is 25.1 Å². The summed E-state index contributed by atoms with van der Waals surface area (Å²) in [5, 5.41) is 2.80. The number of nitrogens with zero attached hydrogens (tertiary/aromatic N) is 1. The van der Waals surface area contributed by atoms with Crippen LogP contribution in [0.1, 0.15) is 30.8 Å². The molecule has 1 aliphatic heterocycles. The van der Waals surface area contributed by atoms with Crippen molar-refractivity contribution in [2.24, 2.45) is 0 Å². The molecule has 23 heavy (non-hydrogen) atoms. The highest BCUT2D eigenvalue weighted by atomic mass is 32.2. The monoisotopic (exact) mass is 340 g/mol. The van der Waals surface area contributed by atoms with Gasteiger partial charge < -0.3 is 19.4 Å². The molecule has 1 aliphatic rings. The Morgan fingerprint density at radius 3 is 2.65 bits per heavy atom. The number of rotatable bonds is 6. The van der Waals surface area contributed by atoms with Gasteiger partial charge >= 0.3 is 0 Å². The number of nitrogens with one attached hydrogen (secondary N) is 1. The Kier molecular flexibility index (Phi) is 6.53. The van der Waals surface area contributed by atoms with Crippen LogP contribution in [0.4, 0.5) is 0 Å². The number of morpholine rings is 1. The molecule has 7 heteroatoms. The zero-order chi connectivity index (χ0) is 16.8. The van der Waals surface area contributed by atoms with Crippen molar-refractivity contribution in [2.45, 2.75) is 38.5 Å². The van der Waals surface area contributed by atoms with E-state index in [2.05, 4.69) is 5.32 Å². The van der Waals surface area contributed by atoms with E-state index in [0.717, 1.165) is 5.75 Å². The number of hydrogen-bond acceptors (Lipinski definition) is 5. The second-order valence-corrected chi connectivity index (χ2v) is 6.77. The maximum Gasteiger partial charge on any atom is 0.287 e. The normalized spacial score (nSPS) is 22.7. The molecule has 2 rings (SSSR count). The van der Waals surface area contributed by atoms with Crippen LogP contribution in [0.5, 0.6) is 0 Å². The summed E-state index contributed by atoms with van der Waals surface area (Å²) in [6.07, 6.45) is 4.02. The molecule has 2 heterocycles. The Balaban J connectivity index is 2.04. The largest absolute Gasteiger partial charge is 0.459 e. The summed E-state index contributed by atoms with van der Waals surface area (Å²) < 4.78 is 10.8. The highest BCUT2D eigenvalue weighted by molar-refractivity contribution is 7.98. The van der Waals surface area contributed by atoms with Crippen molar-refractivity contribution in [3.63, 3.8) is 0 Å². The Labute approximate surface area is 140 Å². The summed E-state index contributed by atoms with van der Waals surface area (Å²) in [5.74, 6) is 0.602. The molecular weight excluding hydrogens is 316 g/mol. The van der Waals surface area contributed by atoms with Crippen molar-refractivity contribution in [3.05, 3.63) is 24.2 Å². The van der Waals surface area contributed by atoms with E-state index in [-0.39, 0.29) is 29.8 Å². The highest BCUT2D eigenvalue weighted by Gasteiger charge is 2.31. The van der Waals surface area contributed by atoms with Crippen molar-refractivity contribution in [1.29, 1.82) is 0 Å². The fourth-order valence-electron chi connectivity index (χ4n) is 2.71. The zero-order valence-electron chi connectivity index (χ0n) is 13.8. The summed E-state index contributed by atoms with van der Waals surface area (Å²) in [4.78, 5) is 26.8. The summed E-state index contributed by atoms with van der Waals surface area (Å²) in [6, 6.07) is 2.70. The number of carbonyl (C=O) groups excluding carboxylic acids is 2. The lowest BCUT2D eigenvalue weighted by atomic mass is 10.1. The first-order valence-corrected chi connectivity index (χ1v) is 9.18. The average Bonchev–Trinajstić information content (AvgIpc) is 3.04. The first kappa shape index (κ1) is 17.9. The average molecular weight is 340 g/mol. The van der Waals surface area contributed by atoms with Gasteiger partial charge in [-0.05, 0) is 44.4 Å². The number of ether oxygens (including phenoxy) is 1. The molecule has 6 nitrogen and oxygen atoms in total. The fourth-order valence-corrected chi connectivity index (χ4v) is 3.18. The van der Waals surface area contributed by atoms with E-state index >= 15 is 0 Å². The van der Waals surface area contributed by atoms with Gasteiger partial charge in [0.1, 0.15) is 6.04 Å². The summed E-state index contributed by atoms with van der Waals surface area (Å²) in [7, 11) is 0. The molecule has 0 aliphatic carbocycles.